The molecule has 1 N–H and O–H groups in total. The highest BCUT2D eigenvalue weighted by Crippen LogP contribution is 2.19. The Morgan fingerprint density at radius 2 is 2.08 bits per heavy atom. The molecule has 3 rings (SSSR count). The summed E-state index contributed by atoms with van der Waals surface area (Å²) in [5.74, 6) is 0.640. The number of carbonyl (C=O) groups is 1. The number of aryl methyl sites for hydroxylation is 3. The van der Waals surface area contributed by atoms with Gasteiger partial charge in [0.1, 0.15) is 11.4 Å². The largest absolute Gasteiger partial charge is 0.471 e. The summed E-state index contributed by atoms with van der Waals surface area (Å²) in [5.41, 5.74) is 2.59. The lowest BCUT2D eigenvalue weighted by molar-refractivity contribution is 0.0945. The molecule has 136 valence electrons. The second-order valence-corrected chi connectivity index (χ2v) is 6.16. The maximum absolute atomic E-state index is 12.1. The standard InChI is InChI=1S/C19H23N5O2/c1-15-5-6-16(2)18(13-15)26-14-24-12-7-17(22-24)19(25)20-8-3-10-23-11-4-9-21-23/h4-7,9,11-13H,3,8,10,14H2,1-2H3,(H,20,25). The highest BCUT2D eigenvalue weighted by Gasteiger charge is 2.09. The van der Waals surface area contributed by atoms with Gasteiger partial charge in [-0.2, -0.15) is 10.2 Å². The Morgan fingerprint density at radius 3 is 2.88 bits per heavy atom. The van der Waals surface area contributed by atoms with Crippen LogP contribution in [0.5, 0.6) is 5.75 Å². The van der Waals surface area contributed by atoms with Gasteiger partial charge >= 0.3 is 0 Å². The third-order valence-corrected chi connectivity index (χ3v) is 3.98. The number of carbonyl (C=O) groups excluding carboxylic acids is 1. The molecule has 1 amide bonds. The zero-order valence-corrected chi connectivity index (χ0v) is 15.1. The number of nitrogens with one attached hydrogen (secondary N) is 1. The van der Waals surface area contributed by atoms with Crippen LogP contribution in [0.15, 0.2) is 48.9 Å². The van der Waals surface area contributed by atoms with Gasteiger partial charge in [0.2, 0.25) is 0 Å². The number of amides is 1. The molecule has 2 heterocycles. The summed E-state index contributed by atoms with van der Waals surface area (Å²) in [7, 11) is 0. The molecule has 0 aliphatic heterocycles. The first-order valence-electron chi connectivity index (χ1n) is 8.61. The lowest BCUT2D eigenvalue weighted by Crippen LogP contribution is -2.26. The van der Waals surface area contributed by atoms with Crippen LogP contribution in [-0.4, -0.2) is 32.0 Å². The molecule has 0 atom stereocenters. The normalized spacial score (nSPS) is 10.7. The van der Waals surface area contributed by atoms with Gasteiger partial charge in [0, 0.05) is 31.7 Å². The summed E-state index contributed by atoms with van der Waals surface area (Å²) >= 11 is 0. The van der Waals surface area contributed by atoms with Crippen molar-refractivity contribution in [3.8, 4) is 5.75 Å². The van der Waals surface area contributed by atoms with Crippen molar-refractivity contribution >= 4 is 5.91 Å². The van der Waals surface area contributed by atoms with Crippen LogP contribution in [0.3, 0.4) is 0 Å². The van der Waals surface area contributed by atoms with E-state index >= 15 is 0 Å². The molecule has 1 aromatic carbocycles. The Hall–Kier alpha value is -3.09. The zero-order valence-electron chi connectivity index (χ0n) is 15.1. The molecule has 0 unspecified atom stereocenters. The number of ether oxygens (including phenoxy) is 1. The minimum absolute atomic E-state index is 0.184. The van der Waals surface area contributed by atoms with E-state index in [2.05, 4.69) is 15.5 Å². The average molecular weight is 353 g/mol. The molecule has 3 aromatic rings. The van der Waals surface area contributed by atoms with Gasteiger partial charge in [0.25, 0.3) is 5.91 Å². The van der Waals surface area contributed by atoms with E-state index in [4.69, 9.17) is 4.74 Å². The highest BCUT2D eigenvalue weighted by molar-refractivity contribution is 5.92. The average Bonchev–Trinajstić information content (AvgIpc) is 3.31. The maximum atomic E-state index is 12.1. The molecule has 0 aliphatic rings. The second kappa shape index (κ2) is 8.33. The van der Waals surface area contributed by atoms with Gasteiger partial charge in [-0.25, -0.2) is 4.68 Å². The minimum Gasteiger partial charge on any atom is -0.471 e. The van der Waals surface area contributed by atoms with Crippen LogP contribution >= 0.6 is 0 Å². The van der Waals surface area contributed by atoms with Crippen molar-refractivity contribution in [2.24, 2.45) is 0 Å². The third kappa shape index (κ3) is 4.72. The molecule has 0 fully saturated rings. The Kier molecular flexibility index (Phi) is 5.68. The quantitative estimate of drug-likeness (QED) is 0.632. The molecule has 0 spiro atoms. The maximum Gasteiger partial charge on any atom is 0.271 e. The molecule has 2 aromatic heterocycles. The Balaban J connectivity index is 1.46. The van der Waals surface area contributed by atoms with E-state index in [1.165, 1.54) is 0 Å². The monoisotopic (exact) mass is 353 g/mol. The van der Waals surface area contributed by atoms with Crippen molar-refractivity contribution in [3.63, 3.8) is 0 Å². The first-order chi connectivity index (χ1) is 12.6. The summed E-state index contributed by atoms with van der Waals surface area (Å²) < 4.78 is 9.25. The SMILES string of the molecule is Cc1ccc(C)c(OCn2ccc(C(=O)NCCCn3cccn3)n2)c1. The van der Waals surface area contributed by atoms with Gasteiger partial charge in [-0.05, 0) is 49.6 Å². The van der Waals surface area contributed by atoms with Crippen LogP contribution in [-0.2, 0) is 13.3 Å². The van der Waals surface area contributed by atoms with E-state index in [1.807, 2.05) is 49.0 Å². The van der Waals surface area contributed by atoms with Gasteiger partial charge in [0.15, 0.2) is 6.73 Å². The first kappa shape index (κ1) is 17.7. The first-order valence-corrected chi connectivity index (χ1v) is 8.61. The predicted octanol–water partition coefficient (Wildman–Crippen LogP) is 2.55. The molecule has 0 saturated carbocycles. The highest BCUT2D eigenvalue weighted by atomic mass is 16.5. The molecule has 0 radical (unpaired) electrons. The van der Waals surface area contributed by atoms with Crippen LogP contribution < -0.4 is 10.1 Å². The summed E-state index contributed by atoms with van der Waals surface area (Å²) in [6.45, 7) is 5.63. The van der Waals surface area contributed by atoms with E-state index in [0.717, 1.165) is 29.8 Å². The number of benzene rings is 1. The van der Waals surface area contributed by atoms with E-state index in [-0.39, 0.29) is 12.6 Å². The van der Waals surface area contributed by atoms with Crippen molar-refractivity contribution in [3.05, 3.63) is 65.7 Å². The van der Waals surface area contributed by atoms with Crippen LogP contribution in [0, 0.1) is 13.8 Å². The molecule has 0 bridgehead atoms. The summed E-state index contributed by atoms with van der Waals surface area (Å²) in [6.07, 6.45) is 6.19. The molecular weight excluding hydrogens is 330 g/mol. The van der Waals surface area contributed by atoms with E-state index < -0.39 is 0 Å². The fourth-order valence-electron chi connectivity index (χ4n) is 2.52. The molecule has 7 heteroatoms. The van der Waals surface area contributed by atoms with E-state index in [0.29, 0.717) is 12.2 Å². The molecular formula is C19H23N5O2. The Labute approximate surface area is 152 Å². The number of nitrogens with zero attached hydrogens (tertiary/aromatic N) is 4. The Bertz CT molecular complexity index is 855. The minimum atomic E-state index is -0.184. The molecule has 26 heavy (non-hydrogen) atoms. The fourth-order valence-corrected chi connectivity index (χ4v) is 2.52. The van der Waals surface area contributed by atoms with Crippen LogP contribution in [0.2, 0.25) is 0 Å². The summed E-state index contributed by atoms with van der Waals surface area (Å²) in [4.78, 5) is 12.1. The van der Waals surface area contributed by atoms with Crippen molar-refractivity contribution in [1.29, 1.82) is 0 Å². The van der Waals surface area contributed by atoms with Gasteiger partial charge in [0.05, 0.1) is 0 Å². The summed E-state index contributed by atoms with van der Waals surface area (Å²) in [6, 6.07) is 9.63. The number of rotatable bonds is 8. The van der Waals surface area contributed by atoms with Crippen LogP contribution in [0.1, 0.15) is 28.0 Å². The predicted molar refractivity (Wildman–Crippen MR) is 97.9 cm³/mol. The van der Waals surface area contributed by atoms with Crippen LogP contribution in [0.4, 0.5) is 0 Å². The van der Waals surface area contributed by atoms with E-state index in [9.17, 15) is 4.79 Å². The molecule has 7 nitrogen and oxygen atoms in total. The third-order valence-electron chi connectivity index (χ3n) is 3.98. The smallest absolute Gasteiger partial charge is 0.271 e. The number of aromatic nitrogens is 4. The van der Waals surface area contributed by atoms with Crippen molar-refractivity contribution in [2.75, 3.05) is 6.54 Å². The van der Waals surface area contributed by atoms with Gasteiger partial charge < -0.3 is 10.1 Å². The second-order valence-electron chi connectivity index (χ2n) is 6.16. The fraction of sp³-hybridized carbons (Fsp3) is 0.316. The zero-order chi connectivity index (χ0) is 18.4. The summed E-state index contributed by atoms with van der Waals surface area (Å²) in [5, 5.41) is 11.3. The van der Waals surface area contributed by atoms with Crippen molar-refractivity contribution in [1.82, 2.24) is 24.9 Å². The van der Waals surface area contributed by atoms with Gasteiger partial charge in [-0.3, -0.25) is 9.48 Å². The van der Waals surface area contributed by atoms with Crippen molar-refractivity contribution < 1.29 is 9.53 Å². The van der Waals surface area contributed by atoms with Gasteiger partial charge in [-0.15, -0.1) is 0 Å². The lowest BCUT2D eigenvalue weighted by atomic mass is 10.1. The van der Waals surface area contributed by atoms with Crippen molar-refractivity contribution in [2.45, 2.75) is 33.5 Å². The van der Waals surface area contributed by atoms with Crippen LogP contribution in [0.25, 0.3) is 0 Å². The van der Waals surface area contributed by atoms with Gasteiger partial charge in [-0.1, -0.05) is 12.1 Å². The molecule has 0 aliphatic carbocycles. The Morgan fingerprint density at radius 1 is 1.19 bits per heavy atom. The van der Waals surface area contributed by atoms with E-state index in [1.54, 1.807) is 23.1 Å². The molecule has 0 saturated heterocycles. The topological polar surface area (TPSA) is 74.0 Å². The number of hydrogen-bond donors (Lipinski definition) is 1. The number of hydrogen-bond acceptors (Lipinski definition) is 4. The lowest BCUT2D eigenvalue weighted by Gasteiger charge is -2.09.